The summed E-state index contributed by atoms with van der Waals surface area (Å²) in [7, 11) is 0. The van der Waals surface area contributed by atoms with Crippen molar-refractivity contribution in [3.8, 4) is 17.7 Å². The lowest BCUT2D eigenvalue weighted by molar-refractivity contribution is 0.234. The van der Waals surface area contributed by atoms with Crippen molar-refractivity contribution in [1.82, 2.24) is 4.98 Å². The minimum Gasteiger partial charge on any atom is -0.473 e. The third-order valence-electron chi connectivity index (χ3n) is 2.49. The lowest BCUT2D eigenvalue weighted by Crippen LogP contribution is -2.10. The Labute approximate surface area is 120 Å². The Morgan fingerprint density at radius 3 is 2.70 bits per heavy atom. The molecule has 102 valence electrons. The Hall–Kier alpha value is -2.47. The molecule has 0 bridgehead atoms. The molecule has 2 rings (SSSR count). The fraction of sp³-hybridized carbons (Fsp3) is 0.235. The molecule has 0 spiro atoms. The zero-order valence-electron chi connectivity index (χ0n) is 11.8. The molecule has 0 atom stereocenters. The van der Waals surface area contributed by atoms with Gasteiger partial charge in [0.25, 0.3) is 0 Å². The van der Waals surface area contributed by atoms with Crippen LogP contribution in [0.3, 0.4) is 0 Å². The number of anilines is 1. The van der Waals surface area contributed by atoms with Crippen LogP contribution >= 0.6 is 0 Å². The van der Waals surface area contributed by atoms with Crippen LogP contribution in [0.25, 0.3) is 0 Å². The van der Waals surface area contributed by atoms with Crippen molar-refractivity contribution >= 4 is 5.69 Å². The van der Waals surface area contributed by atoms with E-state index in [1.807, 2.05) is 56.3 Å². The lowest BCUT2D eigenvalue weighted by Gasteiger charge is -2.12. The molecule has 0 fully saturated rings. The van der Waals surface area contributed by atoms with E-state index in [4.69, 9.17) is 4.74 Å². The van der Waals surface area contributed by atoms with E-state index in [0.29, 0.717) is 12.4 Å². The van der Waals surface area contributed by atoms with Gasteiger partial charge in [0, 0.05) is 11.8 Å². The highest BCUT2D eigenvalue weighted by Gasteiger charge is 2.04. The maximum atomic E-state index is 5.64. The highest BCUT2D eigenvalue weighted by Crippen LogP contribution is 2.21. The number of hydrogen-bond acceptors (Lipinski definition) is 3. The first-order chi connectivity index (χ1) is 9.75. The number of rotatable bonds is 4. The number of nitrogens with zero attached hydrogens (tertiary/aromatic N) is 1. The molecular weight excluding hydrogens is 248 g/mol. The molecule has 3 nitrogen and oxygen atoms in total. The maximum Gasteiger partial charge on any atom is 0.237 e. The predicted molar refractivity (Wildman–Crippen MR) is 81.8 cm³/mol. The van der Waals surface area contributed by atoms with Gasteiger partial charge >= 0.3 is 0 Å². The van der Waals surface area contributed by atoms with Gasteiger partial charge in [-0.2, -0.15) is 0 Å². The highest BCUT2D eigenvalue weighted by molar-refractivity contribution is 5.53. The van der Waals surface area contributed by atoms with Gasteiger partial charge in [-0.05, 0) is 38.1 Å². The van der Waals surface area contributed by atoms with Gasteiger partial charge in [0.05, 0.1) is 18.3 Å². The van der Waals surface area contributed by atoms with E-state index in [9.17, 15) is 0 Å². The maximum absolute atomic E-state index is 5.64. The number of pyridine rings is 1. The van der Waals surface area contributed by atoms with Crippen molar-refractivity contribution in [2.24, 2.45) is 0 Å². The fourth-order valence-electron chi connectivity index (χ4n) is 1.65. The van der Waals surface area contributed by atoms with E-state index in [2.05, 4.69) is 22.1 Å². The molecule has 1 aromatic heterocycles. The van der Waals surface area contributed by atoms with Gasteiger partial charge in [-0.1, -0.05) is 30.0 Å². The first kappa shape index (κ1) is 14.0. The third-order valence-corrected chi connectivity index (χ3v) is 2.49. The molecule has 1 aromatic carbocycles. The number of nitrogens with one attached hydrogen (secondary N) is 1. The minimum atomic E-state index is 0.0980. The van der Waals surface area contributed by atoms with Crippen LogP contribution in [-0.4, -0.2) is 17.6 Å². The molecule has 1 heterocycles. The minimum absolute atomic E-state index is 0.0980. The summed E-state index contributed by atoms with van der Waals surface area (Å²) in [6.45, 7) is 4.51. The van der Waals surface area contributed by atoms with Crippen LogP contribution in [-0.2, 0) is 0 Å². The Morgan fingerprint density at radius 1 is 1.15 bits per heavy atom. The van der Waals surface area contributed by atoms with E-state index >= 15 is 0 Å². The van der Waals surface area contributed by atoms with Gasteiger partial charge in [-0.3, -0.25) is 0 Å². The summed E-state index contributed by atoms with van der Waals surface area (Å²) in [6, 6.07) is 13.7. The van der Waals surface area contributed by atoms with Gasteiger partial charge in [-0.25, -0.2) is 4.98 Å². The zero-order valence-corrected chi connectivity index (χ0v) is 11.8. The Balaban J connectivity index is 1.96. The van der Waals surface area contributed by atoms with Gasteiger partial charge in [0.15, 0.2) is 0 Å². The normalized spacial score (nSPS) is 9.75. The van der Waals surface area contributed by atoms with Crippen LogP contribution in [0.1, 0.15) is 19.4 Å². The molecule has 0 radical (unpaired) electrons. The summed E-state index contributed by atoms with van der Waals surface area (Å²) in [5.74, 6) is 6.80. The van der Waals surface area contributed by atoms with Crippen LogP contribution in [0.15, 0.2) is 48.7 Å². The zero-order chi connectivity index (χ0) is 14.2. The second-order valence-electron chi connectivity index (χ2n) is 4.54. The summed E-state index contributed by atoms with van der Waals surface area (Å²) in [4.78, 5) is 4.22. The topological polar surface area (TPSA) is 34.1 Å². The number of benzene rings is 1. The molecule has 3 heteroatoms. The number of aromatic nitrogens is 1. The van der Waals surface area contributed by atoms with Crippen molar-refractivity contribution in [2.45, 2.75) is 20.0 Å². The SMILES string of the molecule is CC(C)Oc1ncccc1NCC#Cc1ccccc1. The molecule has 0 aliphatic heterocycles. The van der Waals surface area contributed by atoms with Crippen LogP contribution in [0.4, 0.5) is 5.69 Å². The Morgan fingerprint density at radius 2 is 1.95 bits per heavy atom. The first-order valence-electron chi connectivity index (χ1n) is 6.65. The molecule has 0 amide bonds. The highest BCUT2D eigenvalue weighted by atomic mass is 16.5. The Bertz CT molecular complexity index is 597. The molecule has 2 aromatic rings. The van der Waals surface area contributed by atoms with Crippen LogP contribution in [0, 0.1) is 11.8 Å². The first-order valence-corrected chi connectivity index (χ1v) is 6.65. The monoisotopic (exact) mass is 266 g/mol. The number of hydrogen-bond donors (Lipinski definition) is 1. The summed E-state index contributed by atoms with van der Waals surface area (Å²) >= 11 is 0. The lowest BCUT2D eigenvalue weighted by atomic mass is 10.2. The summed E-state index contributed by atoms with van der Waals surface area (Å²) in [6.07, 6.45) is 1.82. The molecule has 0 aliphatic rings. The summed E-state index contributed by atoms with van der Waals surface area (Å²) in [5, 5.41) is 3.23. The quantitative estimate of drug-likeness (QED) is 0.862. The van der Waals surface area contributed by atoms with Gasteiger partial charge in [0.1, 0.15) is 0 Å². The van der Waals surface area contributed by atoms with Crippen LogP contribution < -0.4 is 10.1 Å². The predicted octanol–water partition coefficient (Wildman–Crippen LogP) is 3.33. The van der Waals surface area contributed by atoms with Crippen molar-refractivity contribution < 1.29 is 4.74 Å². The smallest absolute Gasteiger partial charge is 0.237 e. The fourth-order valence-corrected chi connectivity index (χ4v) is 1.65. The van der Waals surface area contributed by atoms with E-state index in [1.165, 1.54) is 0 Å². The van der Waals surface area contributed by atoms with Crippen LogP contribution in [0.2, 0.25) is 0 Å². The second-order valence-corrected chi connectivity index (χ2v) is 4.54. The molecule has 0 saturated heterocycles. The van der Waals surface area contributed by atoms with E-state index in [-0.39, 0.29) is 6.10 Å². The standard InChI is InChI=1S/C17H18N2O/c1-14(2)20-17-16(11-7-13-19-17)18-12-6-10-15-8-4-3-5-9-15/h3-5,7-9,11,13-14,18H,12H2,1-2H3. The average molecular weight is 266 g/mol. The van der Waals surface area contributed by atoms with Gasteiger partial charge in [0.2, 0.25) is 5.88 Å². The molecule has 20 heavy (non-hydrogen) atoms. The van der Waals surface area contributed by atoms with E-state index in [0.717, 1.165) is 11.3 Å². The van der Waals surface area contributed by atoms with Crippen molar-refractivity contribution in [3.63, 3.8) is 0 Å². The molecular formula is C17H18N2O. The summed E-state index contributed by atoms with van der Waals surface area (Å²) < 4.78 is 5.64. The van der Waals surface area contributed by atoms with Gasteiger partial charge < -0.3 is 10.1 Å². The molecule has 0 aliphatic carbocycles. The third kappa shape index (κ3) is 4.33. The average Bonchev–Trinajstić information content (AvgIpc) is 2.46. The summed E-state index contributed by atoms with van der Waals surface area (Å²) in [5.41, 5.74) is 1.88. The largest absolute Gasteiger partial charge is 0.473 e. The van der Waals surface area contributed by atoms with Crippen molar-refractivity contribution in [3.05, 3.63) is 54.2 Å². The van der Waals surface area contributed by atoms with Crippen LogP contribution in [0.5, 0.6) is 5.88 Å². The number of ether oxygens (including phenoxy) is 1. The van der Waals surface area contributed by atoms with E-state index < -0.39 is 0 Å². The van der Waals surface area contributed by atoms with E-state index in [1.54, 1.807) is 6.20 Å². The second kappa shape index (κ2) is 7.20. The molecule has 0 saturated carbocycles. The van der Waals surface area contributed by atoms with Gasteiger partial charge in [-0.15, -0.1) is 0 Å². The van der Waals surface area contributed by atoms with Crippen molar-refractivity contribution in [2.75, 3.05) is 11.9 Å². The molecule has 0 unspecified atom stereocenters. The Kier molecular flexibility index (Phi) is 5.02. The molecule has 1 N–H and O–H groups in total. The van der Waals surface area contributed by atoms with Crippen molar-refractivity contribution in [1.29, 1.82) is 0 Å².